The second kappa shape index (κ2) is 27.1. The fourth-order valence-corrected chi connectivity index (χ4v) is 6.54. The Hall–Kier alpha value is -4.60. The van der Waals surface area contributed by atoms with Crippen LogP contribution in [0.5, 0.6) is 34.5 Å². The number of aryl methyl sites for hydroxylation is 2. The molecule has 0 aliphatic carbocycles. The van der Waals surface area contributed by atoms with Crippen LogP contribution in [0.15, 0.2) is 48.5 Å². The second-order valence-electron chi connectivity index (χ2n) is 13.7. The lowest BCUT2D eigenvalue weighted by Gasteiger charge is -2.23. The van der Waals surface area contributed by atoms with Crippen molar-refractivity contribution in [2.24, 2.45) is 0 Å². The van der Waals surface area contributed by atoms with Crippen molar-refractivity contribution in [1.82, 2.24) is 0 Å². The van der Waals surface area contributed by atoms with Crippen LogP contribution in [0.1, 0.15) is 163 Å². The molecule has 3 rings (SSSR count). The number of hydrogen-bond acceptors (Lipinski definition) is 10. The lowest BCUT2D eigenvalue weighted by Crippen LogP contribution is -2.19. The SMILES string of the molecule is CCCCCCCCCc1ccccc1OOC(=O)c1c(OCC)c(OCC)c(C(=O)OOc2ccccc2CCCCCCCCC)c(OCC)c1OCC. The molecule has 0 N–H and O–H groups in total. The summed E-state index contributed by atoms with van der Waals surface area (Å²) < 4.78 is 24.1. The van der Waals surface area contributed by atoms with Crippen LogP contribution in [0.4, 0.5) is 0 Å². The summed E-state index contributed by atoms with van der Waals surface area (Å²) in [5.74, 6) is -1.25. The van der Waals surface area contributed by atoms with Gasteiger partial charge in [-0.3, -0.25) is 9.78 Å². The van der Waals surface area contributed by atoms with E-state index < -0.39 is 11.9 Å². The minimum Gasteiger partial charge on any atom is -0.489 e. The van der Waals surface area contributed by atoms with Crippen molar-refractivity contribution in [1.29, 1.82) is 0 Å². The molecule has 0 heterocycles. The first kappa shape index (κ1) is 45.8. The van der Waals surface area contributed by atoms with Gasteiger partial charge in [0.2, 0.25) is 0 Å². The van der Waals surface area contributed by atoms with Crippen LogP contribution in [-0.2, 0) is 22.6 Å². The summed E-state index contributed by atoms with van der Waals surface area (Å²) in [7, 11) is 0. The van der Waals surface area contributed by atoms with E-state index in [1.807, 2.05) is 36.4 Å². The normalized spacial score (nSPS) is 10.8. The van der Waals surface area contributed by atoms with E-state index in [9.17, 15) is 9.59 Å². The van der Waals surface area contributed by atoms with Crippen LogP contribution in [0, 0.1) is 0 Å². The molecule has 0 atom stereocenters. The molecule has 0 aliphatic heterocycles. The molecule has 3 aromatic rings. The van der Waals surface area contributed by atoms with Crippen LogP contribution in [0.25, 0.3) is 0 Å². The topological polar surface area (TPSA) is 108 Å². The zero-order valence-corrected chi connectivity index (χ0v) is 34.8. The highest BCUT2D eigenvalue weighted by Crippen LogP contribution is 2.50. The zero-order valence-electron chi connectivity index (χ0n) is 34.8. The van der Waals surface area contributed by atoms with E-state index >= 15 is 0 Å². The molecule has 0 fully saturated rings. The van der Waals surface area contributed by atoms with Gasteiger partial charge in [0.05, 0.1) is 26.4 Å². The second-order valence-corrected chi connectivity index (χ2v) is 13.7. The highest BCUT2D eigenvalue weighted by atomic mass is 17.2. The first-order chi connectivity index (χ1) is 27.4. The van der Waals surface area contributed by atoms with Gasteiger partial charge in [-0.2, -0.15) is 0 Å². The molecule has 10 nitrogen and oxygen atoms in total. The van der Waals surface area contributed by atoms with Gasteiger partial charge in [0.15, 0.2) is 45.6 Å². The molecule has 0 amide bonds. The number of para-hydroxylation sites is 2. The summed E-state index contributed by atoms with van der Waals surface area (Å²) in [5, 5.41) is 0. The van der Waals surface area contributed by atoms with Crippen LogP contribution in [-0.4, -0.2) is 38.4 Å². The lowest BCUT2D eigenvalue weighted by atomic mass is 10.0. The minimum absolute atomic E-state index is 0.0718. The molecule has 0 saturated carbocycles. The van der Waals surface area contributed by atoms with Gasteiger partial charge < -0.3 is 18.9 Å². The Morgan fingerprint density at radius 3 is 1.04 bits per heavy atom. The van der Waals surface area contributed by atoms with Crippen LogP contribution >= 0.6 is 0 Å². The fourth-order valence-electron chi connectivity index (χ4n) is 6.54. The van der Waals surface area contributed by atoms with E-state index in [0.29, 0.717) is 11.5 Å². The van der Waals surface area contributed by atoms with E-state index in [-0.39, 0.29) is 60.6 Å². The Morgan fingerprint density at radius 1 is 0.411 bits per heavy atom. The van der Waals surface area contributed by atoms with Crippen molar-refractivity contribution in [3.63, 3.8) is 0 Å². The Kier molecular flexibility index (Phi) is 22.1. The van der Waals surface area contributed by atoms with Crippen LogP contribution < -0.4 is 28.7 Å². The average Bonchev–Trinajstić information content (AvgIpc) is 3.20. The summed E-state index contributed by atoms with van der Waals surface area (Å²) >= 11 is 0. The van der Waals surface area contributed by atoms with E-state index in [1.54, 1.807) is 39.8 Å². The van der Waals surface area contributed by atoms with Gasteiger partial charge in [0.1, 0.15) is 0 Å². The number of ether oxygens (including phenoxy) is 4. The number of unbranched alkanes of at least 4 members (excludes halogenated alkanes) is 12. The van der Waals surface area contributed by atoms with Gasteiger partial charge in [-0.05, 0) is 76.6 Å². The van der Waals surface area contributed by atoms with Gasteiger partial charge in [-0.1, -0.05) is 127 Å². The third kappa shape index (κ3) is 14.5. The lowest BCUT2D eigenvalue weighted by molar-refractivity contribution is -0.151. The monoisotopic (exact) mass is 778 g/mol. The first-order valence-electron chi connectivity index (χ1n) is 21.1. The highest BCUT2D eigenvalue weighted by molar-refractivity contribution is 6.05. The summed E-state index contributed by atoms with van der Waals surface area (Å²) in [6.07, 6.45) is 18.1. The van der Waals surface area contributed by atoms with Gasteiger partial charge in [-0.15, -0.1) is 0 Å². The molecule has 0 radical (unpaired) electrons. The number of carbonyl (C=O) groups excluding carboxylic acids is 2. The van der Waals surface area contributed by atoms with Gasteiger partial charge in [0.25, 0.3) is 0 Å². The van der Waals surface area contributed by atoms with E-state index in [4.69, 9.17) is 38.5 Å². The smallest absolute Gasteiger partial charge is 0.393 e. The van der Waals surface area contributed by atoms with Crippen LogP contribution in [0.3, 0.4) is 0 Å². The third-order valence-electron chi connectivity index (χ3n) is 9.34. The molecule has 56 heavy (non-hydrogen) atoms. The largest absolute Gasteiger partial charge is 0.489 e. The number of benzene rings is 3. The standard InChI is InChI=1S/C46H66O10/c1-7-13-15-17-19-21-23-29-35-31-25-27-33-37(35)53-55-45(47)39-41(49-9-3)43(51-11-5)40(44(52-12-6)42(39)50-10-4)46(48)56-54-38-34-28-26-32-36(38)30-24-22-20-18-16-14-8-2/h25-28,31-34H,7-24,29-30H2,1-6H3. The molecule has 3 aromatic carbocycles. The van der Waals surface area contributed by atoms with E-state index in [1.165, 1.54) is 64.2 Å². The number of rotatable bonds is 30. The fraction of sp³-hybridized carbons (Fsp3) is 0.565. The molecule has 0 unspecified atom stereocenters. The first-order valence-corrected chi connectivity index (χ1v) is 21.1. The predicted molar refractivity (Wildman–Crippen MR) is 219 cm³/mol. The van der Waals surface area contributed by atoms with Crippen molar-refractivity contribution in [2.75, 3.05) is 26.4 Å². The molecular weight excluding hydrogens is 712 g/mol. The predicted octanol–water partition coefficient (Wildman–Crippen LogP) is 12.2. The molecule has 0 bridgehead atoms. The third-order valence-corrected chi connectivity index (χ3v) is 9.34. The minimum atomic E-state index is -0.917. The molecule has 310 valence electrons. The van der Waals surface area contributed by atoms with Crippen molar-refractivity contribution >= 4 is 11.9 Å². The number of hydrogen-bond donors (Lipinski definition) is 0. The van der Waals surface area contributed by atoms with Crippen molar-refractivity contribution < 1.29 is 48.1 Å². The molecule has 0 saturated heterocycles. The molecular formula is C46H66O10. The Bertz CT molecular complexity index is 1430. The van der Waals surface area contributed by atoms with Crippen molar-refractivity contribution in [2.45, 2.75) is 144 Å². The molecule has 10 heteroatoms. The summed E-state index contributed by atoms with van der Waals surface area (Å²) in [5.41, 5.74) is 1.55. The van der Waals surface area contributed by atoms with Gasteiger partial charge in [0, 0.05) is 0 Å². The maximum Gasteiger partial charge on any atom is 0.393 e. The average molecular weight is 779 g/mol. The quantitative estimate of drug-likeness (QED) is 0.0368. The van der Waals surface area contributed by atoms with Gasteiger partial charge in [-0.25, -0.2) is 19.4 Å². The van der Waals surface area contributed by atoms with Crippen molar-refractivity contribution in [3.05, 3.63) is 70.8 Å². The Morgan fingerprint density at radius 2 is 0.714 bits per heavy atom. The van der Waals surface area contributed by atoms with E-state index in [2.05, 4.69) is 13.8 Å². The molecule has 0 aromatic heterocycles. The summed E-state index contributed by atoms with van der Waals surface area (Å²) in [4.78, 5) is 50.5. The molecule has 0 aliphatic rings. The summed E-state index contributed by atoms with van der Waals surface area (Å²) in [6.45, 7) is 11.9. The highest BCUT2D eigenvalue weighted by Gasteiger charge is 2.38. The summed E-state index contributed by atoms with van der Waals surface area (Å²) in [6, 6.07) is 15.0. The number of carbonyl (C=O) groups is 2. The Labute approximate surface area is 335 Å². The Balaban J connectivity index is 1.90. The molecule has 0 spiro atoms. The van der Waals surface area contributed by atoms with E-state index in [0.717, 1.165) is 49.7 Å². The van der Waals surface area contributed by atoms with Crippen LogP contribution in [0.2, 0.25) is 0 Å². The van der Waals surface area contributed by atoms with Gasteiger partial charge >= 0.3 is 11.9 Å². The van der Waals surface area contributed by atoms with Crippen molar-refractivity contribution in [3.8, 4) is 34.5 Å². The maximum absolute atomic E-state index is 14.1. The maximum atomic E-state index is 14.1. The zero-order chi connectivity index (χ0) is 40.4.